The Balaban J connectivity index is 2.08. The number of hydrogen-bond acceptors (Lipinski definition) is 3. The lowest BCUT2D eigenvalue weighted by molar-refractivity contribution is 0.178. The minimum Gasteiger partial charge on any atom is -0.472 e. The lowest BCUT2D eigenvalue weighted by Gasteiger charge is -2.08. The number of aryl methyl sites for hydroxylation is 1. The Hall–Kier alpha value is -1.61. The molecule has 78 valence electrons. The van der Waals surface area contributed by atoms with Crippen LogP contribution in [0.4, 0.5) is 0 Å². The normalized spacial score (nSPS) is 12.7. The summed E-state index contributed by atoms with van der Waals surface area (Å²) >= 11 is 0. The van der Waals surface area contributed by atoms with Crippen LogP contribution in [0.1, 0.15) is 22.9 Å². The third-order valence-electron chi connectivity index (χ3n) is 2.33. The minimum absolute atomic E-state index is 0.518. The molecule has 1 N–H and O–H groups in total. The molecule has 0 amide bonds. The number of aliphatic hydroxyl groups is 1. The van der Waals surface area contributed by atoms with Crippen molar-refractivity contribution in [2.75, 3.05) is 0 Å². The van der Waals surface area contributed by atoms with Crippen LogP contribution in [0.25, 0.3) is 0 Å². The number of furan rings is 1. The average Bonchev–Trinajstić information content (AvgIpc) is 2.71. The molecule has 2 aromatic rings. The Bertz CT molecular complexity index is 406. The highest BCUT2D eigenvalue weighted by Gasteiger charge is 2.09. The third-order valence-corrected chi connectivity index (χ3v) is 2.33. The average molecular weight is 203 g/mol. The molecular formula is C12H13NO2. The maximum absolute atomic E-state index is 9.90. The molecule has 3 nitrogen and oxygen atoms in total. The lowest BCUT2D eigenvalue weighted by atomic mass is 10.1. The molecule has 3 heteroatoms. The van der Waals surface area contributed by atoms with E-state index >= 15 is 0 Å². The van der Waals surface area contributed by atoms with Gasteiger partial charge in [-0.2, -0.15) is 0 Å². The predicted octanol–water partition coefficient (Wildman–Crippen LogP) is 2.26. The first-order valence-electron chi connectivity index (χ1n) is 4.87. The molecular weight excluding hydrogens is 190 g/mol. The molecule has 15 heavy (non-hydrogen) atoms. The smallest absolute Gasteiger partial charge is 0.0935 e. The van der Waals surface area contributed by atoms with Crippen molar-refractivity contribution in [3.05, 3.63) is 53.7 Å². The summed E-state index contributed by atoms with van der Waals surface area (Å²) in [4.78, 5) is 4.15. The highest BCUT2D eigenvalue weighted by molar-refractivity contribution is 5.18. The molecule has 0 bridgehead atoms. The van der Waals surface area contributed by atoms with Gasteiger partial charge in [0.15, 0.2) is 0 Å². The molecule has 0 aliphatic heterocycles. The molecule has 1 unspecified atom stereocenters. The lowest BCUT2D eigenvalue weighted by Crippen LogP contribution is -2.01. The summed E-state index contributed by atoms with van der Waals surface area (Å²) in [5.74, 6) is 0. The van der Waals surface area contributed by atoms with Crippen LogP contribution < -0.4 is 0 Å². The molecule has 0 fully saturated rings. The van der Waals surface area contributed by atoms with Crippen LogP contribution in [0.15, 0.2) is 41.3 Å². The van der Waals surface area contributed by atoms with Gasteiger partial charge >= 0.3 is 0 Å². The maximum Gasteiger partial charge on any atom is 0.0935 e. The van der Waals surface area contributed by atoms with E-state index in [-0.39, 0.29) is 0 Å². The zero-order chi connectivity index (χ0) is 10.7. The van der Waals surface area contributed by atoms with E-state index in [4.69, 9.17) is 4.42 Å². The predicted molar refractivity (Wildman–Crippen MR) is 56.3 cm³/mol. The summed E-state index contributed by atoms with van der Waals surface area (Å²) in [7, 11) is 0. The van der Waals surface area contributed by atoms with E-state index in [2.05, 4.69) is 4.98 Å². The first-order chi connectivity index (χ1) is 7.25. The Kier molecular flexibility index (Phi) is 2.83. The summed E-state index contributed by atoms with van der Waals surface area (Å²) < 4.78 is 4.94. The van der Waals surface area contributed by atoms with Crippen molar-refractivity contribution in [2.24, 2.45) is 0 Å². The summed E-state index contributed by atoms with van der Waals surface area (Å²) in [6.07, 6.45) is 5.00. The van der Waals surface area contributed by atoms with Crippen LogP contribution in [-0.2, 0) is 6.42 Å². The topological polar surface area (TPSA) is 46.3 Å². The van der Waals surface area contributed by atoms with Gasteiger partial charge in [-0.05, 0) is 30.2 Å². The first kappa shape index (κ1) is 9.93. The number of rotatable bonds is 3. The van der Waals surface area contributed by atoms with E-state index in [1.165, 1.54) is 0 Å². The van der Waals surface area contributed by atoms with E-state index in [0.29, 0.717) is 6.42 Å². The molecule has 0 aromatic carbocycles. The number of nitrogens with zero attached hydrogens (tertiary/aromatic N) is 1. The molecule has 0 saturated heterocycles. The molecule has 0 radical (unpaired) electrons. The van der Waals surface area contributed by atoms with Crippen molar-refractivity contribution in [3.8, 4) is 0 Å². The second-order valence-corrected chi connectivity index (χ2v) is 3.58. The maximum atomic E-state index is 9.90. The summed E-state index contributed by atoms with van der Waals surface area (Å²) in [6.45, 7) is 1.92. The van der Waals surface area contributed by atoms with E-state index in [1.807, 2.05) is 25.1 Å². The van der Waals surface area contributed by atoms with Crippen molar-refractivity contribution in [1.29, 1.82) is 0 Å². The molecule has 2 rings (SSSR count). The number of aromatic nitrogens is 1. The fraction of sp³-hybridized carbons (Fsp3) is 0.250. The second kappa shape index (κ2) is 4.28. The number of pyridine rings is 1. The van der Waals surface area contributed by atoms with E-state index in [0.717, 1.165) is 16.8 Å². The minimum atomic E-state index is -0.518. The van der Waals surface area contributed by atoms with Crippen molar-refractivity contribution in [1.82, 2.24) is 4.98 Å². The zero-order valence-electron chi connectivity index (χ0n) is 8.55. The van der Waals surface area contributed by atoms with Crippen molar-refractivity contribution in [2.45, 2.75) is 19.4 Å². The fourth-order valence-electron chi connectivity index (χ4n) is 1.43. The number of hydrogen-bond donors (Lipinski definition) is 1. The van der Waals surface area contributed by atoms with Crippen molar-refractivity contribution >= 4 is 0 Å². The van der Waals surface area contributed by atoms with Gasteiger partial charge in [-0.3, -0.25) is 4.98 Å². The molecule has 1 atom stereocenters. The van der Waals surface area contributed by atoms with E-state index < -0.39 is 6.10 Å². The van der Waals surface area contributed by atoms with Crippen LogP contribution in [0.5, 0.6) is 0 Å². The van der Waals surface area contributed by atoms with Gasteiger partial charge in [0.05, 0.1) is 18.6 Å². The molecule has 0 aliphatic carbocycles. The first-order valence-corrected chi connectivity index (χ1v) is 4.87. The summed E-state index contributed by atoms with van der Waals surface area (Å²) in [5.41, 5.74) is 2.78. The van der Waals surface area contributed by atoms with Crippen LogP contribution in [0.2, 0.25) is 0 Å². The van der Waals surface area contributed by atoms with E-state index in [9.17, 15) is 5.11 Å². The molecule has 2 heterocycles. The van der Waals surface area contributed by atoms with Gasteiger partial charge in [0.25, 0.3) is 0 Å². The zero-order valence-corrected chi connectivity index (χ0v) is 8.55. The quantitative estimate of drug-likeness (QED) is 0.832. The van der Waals surface area contributed by atoms with Gasteiger partial charge in [0.1, 0.15) is 0 Å². The highest BCUT2D eigenvalue weighted by atomic mass is 16.3. The number of aliphatic hydroxyl groups excluding tert-OH is 1. The van der Waals surface area contributed by atoms with Gasteiger partial charge < -0.3 is 9.52 Å². The Labute approximate surface area is 88.4 Å². The second-order valence-electron chi connectivity index (χ2n) is 3.58. The van der Waals surface area contributed by atoms with Gasteiger partial charge in [0.2, 0.25) is 0 Å². The molecule has 0 spiro atoms. The highest BCUT2D eigenvalue weighted by Crippen LogP contribution is 2.17. The third kappa shape index (κ3) is 2.44. The van der Waals surface area contributed by atoms with Crippen molar-refractivity contribution < 1.29 is 9.52 Å². The Morgan fingerprint density at radius 1 is 1.40 bits per heavy atom. The molecule has 0 saturated carbocycles. The summed E-state index contributed by atoms with van der Waals surface area (Å²) in [6, 6.07) is 5.64. The van der Waals surface area contributed by atoms with Crippen LogP contribution in [-0.4, -0.2) is 10.1 Å². The van der Waals surface area contributed by atoms with Crippen LogP contribution >= 0.6 is 0 Å². The molecule has 2 aromatic heterocycles. The van der Waals surface area contributed by atoms with Gasteiger partial charge in [-0.1, -0.05) is 6.07 Å². The van der Waals surface area contributed by atoms with Crippen LogP contribution in [0.3, 0.4) is 0 Å². The Morgan fingerprint density at radius 2 is 2.27 bits per heavy atom. The van der Waals surface area contributed by atoms with E-state index in [1.54, 1.807) is 18.7 Å². The van der Waals surface area contributed by atoms with Gasteiger partial charge in [-0.15, -0.1) is 0 Å². The van der Waals surface area contributed by atoms with Gasteiger partial charge in [0, 0.05) is 18.3 Å². The van der Waals surface area contributed by atoms with Crippen LogP contribution in [0, 0.1) is 6.92 Å². The fourth-order valence-corrected chi connectivity index (χ4v) is 1.43. The standard InChI is InChI=1S/C12H13NO2/c1-9-2-3-11(7-13-9)12(14)6-10-4-5-15-8-10/h2-5,7-8,12,14H,6H2,1H3. The summed E-state index contributed by atoms with van der Waals surface area (Å²) in [5, 5.41) is 9.90. The van der Waals surface area contributed by atoms with Crippen molar-refractivity contribution in [3.63, 3.8) is 0 Å². The van der Waals surface area contributed by atoms with Gasteiger partial charge in [-0.25, -0.2) is 0 Å². The molecule has 0 aliphatic rings. The monoisotopic (exact) mass is 203 g/mol. The SMILES string of the molecule is Cc1ccc(C(O)Cc2ccoc2)cn1. The Morgan fingerprint density at radius 3 is 2.87 bits per heavy atom. The largest absolute Gasteiger partial charge is 0.472 e.